The molecule has 2 aliphatic heterocycles. The predicted octanol–water partition coefficient (Wildman–Crippen LogP) is 4.66. The first-order valence-electron chi connectivity index (χ1n) is 8.26. The molecule has 0 fully saturated rings. The molecule has 0 unspecified atom stereocenters. The molecule has 2 aliphatic rings. The predicted molar refractivity (Wildman–Crippen MR) is 98.9 cm³/mol. The van der Waals surface area contributed by atoms with Gasteiger partial charge >= 0.3 is 0 Å². The maximum atomic E-state index is 8.14. The monoisotopic (exact) mass is 486 g/mol. The average molecular weight is 486 g/mol. The summed E-state index contributed by atoms with van der Waals surface area (Å²) in [6.45, 7) is 0. The van der Waals surface area contributed by atoms with Gasteiger partial charge in [0, 0.05) is 58.9 Å². The Bertz CT molecular complexity index is 1220. The van der Waals surface area contributed by atoms with Crippen LogP contribution in [0, 0.1) is 36.9 Å². The standard InChI is InChI=1S/C20H14N4.Lu/c1-2-14-10-16-5-6-18(23-16)12-20-8-7-19(24-20)11-17-4-3-15(22-17)9-13(1)21-14;/h1-12,21,24H;/i1D;. The summed E-state index contributed by atoms with van der Waals surface area (Å²) < 4.78 is 8.14. The van der Waals surface area contributed by atoms with Crippen LogP contribution in [-0.2, 0) is 0 Å². The number of nitrogens with one attached hydrogen (secondary N) is 2. The molecule has 0 aromatic carbocycles. The SMILES string of the molecule is [2H]c1cc2cc3nc(cc4ccc(cc5nc(cc1[nH]2)C=C5)[nH]4)C=C3.[Lu]. The van der Waals surface area contributed by atoms with Crippen LogP contribution in [0.15, 0.2) is 48.5 Å². The van der Waals surface area contributed by atoms with Crippen LogP contribution in [0.5, 0.6) is 0 Å². The van der Waals surface area contributed by atoms with E-state index in [2.05, 4.69) is 19.9 Å². The summed E-state index contributed by atoms with van der Waals surface area (Å²) in [4.78, 5) is 15.8. The Kier molecular flexibility index (Phi) is 4.00. The van der Waals surface area contributed by atoms with E-state index in [4.69, 9.17) is 1.37 Å². The molecule has 5 rings (SSSR count). The molecule has 129 valence electrons. The third-order valence-electron chi connectivity index (χ3n) is 3.96. The Balaban J connectivity index is 0.00000168. The van der Waals surface area contributed by atoms with E-state index in [-0.39, 0.29) is 36.9 Å². The van der Waals surface area contributed by atoms with Crippen molar-refractivity contribution in [1.82, 2.24) is 19.9 Å². The minimum absolute atomic E-state index is 0. The second-order valence-corrected chi connectivity index (χ2v) is 5.82. The van der Waals surface area contributed by atoms with Gasteiger partial charge in [0.05, 0.1) is 24.1 Å². The van der Waals surface area contributed by atoms with Crippen molar-refractivity contribution in [3.63, 3.8) is 0 Å². The minimum atomic E-state index is 0. The molecule has 0 aliphatic carbocycles. The Morgan fingerprint density at radius 2 is 1.00 bits per heavy atom. The molecule has 3 aromatic rings. The van der Waals surface area contributed by atoms with Crippen molar-refractivity contribution in [3.8, 4) is 0 Å². The molecule has 2 N–H and O–H groups in total. The first-order valence-corrected chi connectivity index (χ1v) is 7.76. The van der Waals surface area contributed by atoms with Crippen LogP contribution >= 0.6 is 0 Å². The van der Waals surface area contributed by atoms with Crippen LogP contribution in [0.25, 0.3) is 46.4 Å². The van der Waals surface area contributed by atoms with Gasteiger partial charge in [0.25, 0.3) is 0 Å². The number of hydrogen-bond acceptors (Lipinski definition) is 2. The molecule has 0 saturated carbocycles. The first kappa shape index (κ1) is 15.1. The van der Waals surface area contributed by atoms with E-state index < -0.39 is 0 Å². The summed E-state index contributed by atoms with van der Waals surface area (Å²) >= 11 is 0. The number of aromatic amines is 2. The van der Waals surface area contributed by atoms with E-state index in [0.717, 1.165) is 44.8 Å². The van der Waals surface area contributed by atoms with Crippen molar-refractivity contribution in [2.75, 3.05) is 0 Å². The Morgan fingerprint density at radius 1 is 0.600 bits per heavy atom. The third-order valence-corrected chi connectivity index (χ3v) is 3.96. The summed E-state index contributed by atoms with van der Waals surface area (Å²) in [6, 6.07) is 14.1. The molecule has 25 heavy (non-hydrogen) atoms. The zero-order valence-corrected chi connectivity index (χ0v) is 14.7. The van der Waals surface area contributed by atoms with Gasteiger partial charge in [-0.1, -0.05) is 0 Å². The largest absolute Gasteiger partial charge is 0.355 e. The van der Waals surface area contributed by atoms with Crippen LogP contribution in [0.2, 0.25) is 0 Å². The van der Waals surface area contributed by atoms with Gasteiger partial charge in [-0.2, -0.15) is 0 Å². The normalized spacial score (nSPS) is 12.7. The van der Waals surface area contributed by atoms with Crippen molar-refractivity contribution < 1.29 is 38.2 Å². The Labute approximate surface area is 175 Å². The molecule has 0 spiro atoms. The maximum Gasteiger partial charge on any atom is 0.0658 e. The second kappa shape index (κ2) is 6.62. The van der Waals surface area contributed by atoms with Crippen molar-refractivity contribution >= 4 is 46.4 Å². The Morgan fingerprint density at radius 3 is 1.52 bits per heavy atom. The van der Waals surface area contributed by atoms with Crippen LogP contribution in [-0.4, -0.2) is 19.9 Å². The smallest absolute Gasteiger partial charge is 0.0658 e. The fraction of sp³-hybridized carbons (Fsp3) is 0. The molecule has 8 bridgehead atoms. The fourth-order valence-electron chi connectivity index (χ4n) is 2.87. The molecule has 0 amide bonds. The maximum absolute atomic E-state index is 8.14. The molecule has 0 atom stereocenters. The number of aromatic nitrogens is 4. The zero-order valence-electron chi connectivity index (χ0n) is 14.0. The summed E-state index contributed by atoms with van der Waals surface area (Å²) in [5.74, 6) is 0. The van der Waals surface area contributed by atoms with Crippen molar-refractivity contribution in [1.29, 1.82) is 0 Å². The number of hydrogen-bond donors (Lipinski definition) is 2. The Hall–Kier alpha value is -2.17. The molecule has 0 saturated heterocycles. The van der Waals surface area contributed by atoms with Gasteiger partial charge < -0.3 is 9.97 Å². The summed E-state index contributed by atoms with van der Waals surface area (Å²) in [6.07, 6.45) is 7.88. The van der Waals surface area contributed by atoms with E-state index in [9.17, 15) is 0 Å². The van der Waals surface area contributed by atoms with E-state index in [0.29, 0.717) is 6.04 Å². The number of rotatable bonds is 0. The van der Waals surface area contributed by atoms with Crippen molar-refractivity contribution in [2.45, 2.75) is 0 Å². The number of H-pyrrole nitrogens is 2. The topological polar surface area (TPSA) is 57.4 Å². The van der Waals surface area contributed by atoms with E-state index in [1.54, 1.807) is 6.07 Å². The van der Waals surface area contributed by atoms with Crippen LogP contribution < -0.4 is 0 Å². The zero-order chi connectivity index (χ0) is 16.8. The van der Waals surface area contributed by atoms with Gasteiger partial charge in [0.15, 0.2) is 0 Å². The molecule has 1 radical (unpaired) electrons. The van der Waals surface area contributed by atoms with E-state index >= 15 is 0 Å². The molecule has 5 heteroatoms. The first-order chi connectivity index (χ1) is 12.2. The van der Waals surface area contributed by atoms with Gasteiger partial charge in [-0.3, -0.25) is 0 Å². The quantitative estimate of drug-likeness (QED) is 0.335. The van der Waals surface area contributed by atoms with Crippen molar-refractivity contribution in [3.05, 3.63) is 71.3 Å². The van der Waals surface area contributed by atoms with Crippen LogP contribution in [0.3, 0.4) is 0 Å². The summed E-state index contributed by atoms with van der Waals surface area (Å²) in [5.41, 5.74) is 7.04. The molecule has 4 nitrogen and oxygen atoms in total. The molecular weight excluding hydrogens is 471 g/mol. The molecular formula is C20H14LuN4. The third kappa shape index (κ3) is 3.46. The number of nitrogens with zero attached hydrogens (tertiary/aromatic N) is 2. The molecule has 3 aromatic heterocycles. The summed E-state index contributed by atoms with van der Waals surface area (Å²) in [7, 11) is 0. The van der Waals surface area contributed by atoms with E-state index in [1.165, 1.54) is 0 Å². The number of fused-ring (bicyclic) bond motifs is 8. The van der Waals surface area contributed by atoms with Crippen LogP contribution in [0.4, 0.5) is 0 Å². The van der Waals surface area contributed by atoms with E-state index in [1.807, 2.05) is 60.7 Å². The average Bonchev–Trinajstić information content (AvgIpc) is 3.33. The van der Waals surface area contributed by atoms with Gasteiger partial charge in [0.2, 0.25) is 0 Å². The fourth-order valence-corrected chi connectivity index (χ4v) is 2.87. The second-order valence-electron chi connectivity index (χ2n) is 5.82. The summed E-state index contributed by atoms with van der Waals surface area (Å²) in [5, 5.41) is 0. The van der Waals surface area contributed by atoms with Crippen molar-refractivity contribution in [2.24, 2.45) is 0 Å². The minimum Gasteiger partial charge on any atom is -0.355 e. The van der Waals surface area contributed by atoms with Gasteiger partial charge in [-0.15, -0.1) is 0 Å². The van der Waals surface area contributed by atoms with Gasteiger partial charge in [-0.05, 0) is 72.8 Å². The molecule has 5 heterocycles. The van der Waals surface area contributed by atoms with Gasteiger partial charge in [-0.25, -0.2) is 9.97 Å². The van der Waals surface area contributed by atoms with Gasteiger partial charge in [0.1, 0.15) is 0 Å². The van der Waals surface area contributed by atoms with Crippen LogP contribution in [0.1, 0.15) is 24.1 Å².